The molecular formula is C17H19F3IN7O. The summed E-state index contributed by atoms with van der Waals surface area (Å²) in [4.78, 5) is 7.99. The zero-order valence-electron chi connectivity index (χ0n) is 15.3. The molecular weight excluding hydrogens is 502 g/mol. The Hall–Kier alpha value is -2.64. The number of nitrogens with zero attached hydrogens (tertiary/aromatic N) is 5. The predicted molar refractivity (Wildman–Crippen MR) is 111 cm³/mol. The summed E-state index contributed by atoms with van der Waals surface area (Å²) in [6, 6.07) is 8.65. The molecule has 0 bridgehead atoms. The molecule has 3 aromatic heterocycles. The van der Waals surface area contributed by atoms with Crippen molar-refractivity contribution >= 4 is 35.6 Å². The maximum atomic E-state index is 12.1. The number of rotatable bonds is 6. The summed E-state index contributed by atoms with van der Waals surface area (Å²) in [6.45, 7) is -0.578. The highest BCUT2D eigenvalue weighted by atomic mass is 127. The van der Waals surface area contributed by atoms with Gasteiger partial charge in [0.15, 0.2) is 24.0 Å². The van der Waals surface area contributed by atoms with E-state index in [0.717, 1.165) is 17.0 Å². The first-order valence-electron chi connectivity index (χ1n) is 8.32. The number of pyridine rings is 2. The van der Waals surface area contributed by atoms with Crippen LogP contribution in [-0.2, 0) is 13.1 Å². The van der Waals surface area contributed by atoms with Crippen molar-refractivity contribution in [3.05, 3.63) is 54.1 Å². The third-order valence-corrected chi connectivity index (χ3v) is 3.66. The van der Waals surface area contributed by atoms with Crippen LogP contribution in [0.1, 0.15) is 11.4 Å². The van der Waals surface area contributed by atoms with Crippen molar-refractivity contribution < 1.29 is 17.9 Å². The molecule has 8 nitrogen and oxygen atoms in total. The lowest BCUT2D eigenvalue weighted by Crippen LogP contribution is -2.36. The molecule has 0 radical (unpaired) electrons. The van der Waals surface area contributed by atoms with Gasteiger partial charge in [-0.05, 0) is 17.7 Å². The molecule has 3 aromatic rings. The molecule has 0 saturated heterocycles. The van der Waals surface area contributed by atoms with E-state index >= 15 is 0 Å². The number of hydrogen-bond donors (Lipinski definition) is 2. The van der Waals surface area contributed by atoms with E-state index in [4.69, 9.17) is 0 Å². The number of ether oxygens (including phenoxy) is 1. The number of alkyl halides is 3. The second-order valence-electron chi connectivity index (χ2n) is 5.73. The molecule has 12 heteroatoms. The van der Waals surface area contributed by atoms with Crippen LogP contribution in [0.4, 0.5) is 13.2 Å². The predicted octanol–water partition coefficient (Wildman–Crippen LogP) is 2.55. The topological polar surface area (TPSA) is 88.7 Å². The molecule has 0 aliphatic heterocycles. The summed E-state index contributed by atoms with van der Waals surface area (Å²) >= 11 is 0. The van der Waals surface area contributed by atoms with E-state index < -0.39 is 12.8 Å². The molecule has 0 aromatic carbocycles. The van der Waals surface area contributed by atoms with Crippen LogP contribution in [0.5, 0.6) is 5.88 Å². The van der Waals surface area contributed by atoms with Gasteiger partial charge in [-0.2, -0.15) is 13.2 Å². The van der Waals surface area contributed by atoms with E-state index in [1.54, 1.807) is 13.1 Å². The number of guanidine groups is 1. The van der Waals surface area contributed by atoms with Gasteiger partial charge in [-0.25, -0.2) is 4.98 Å². The van der Waals surface area contributed by atoms with E-state index in [0.29, 0.717) is 19.0 Å². The third-order valence-electron chi connectivity index (χ3n) is 3.66. The number of fused-ring (bicyclic) bond motifs is 1. The second kappa shape index (κ2) is 10.2. The quantitative estimate of drug-likeness (QED) is 0.295. The summed E-state index contributed by atoms with van der Waals surface area (Å²) in [5.41, 5.74) is 1.51. The van der Waals surface area contributed by atoms with Gasteiger partial charge < -0.3 is 15.4 Å². The molecule has 0 aliphatic carbocycles. The summed E-state index contributed by atoms with van der Waals surface area (Å²) in [6.07, 6.45) is -1.08. The molecule has 2 N–H and O–H groups in total. The van der Waals surface area contributed by atoms with Crippen LogP contribution in [0.25, 0.3) is 5.65 Å². The van der Waals surface area contributed by atoms with Gasteiger partial charge in [0.1, 0.15) is 0 Å². The Labute approximate surface area is 181 Å². The molecule has 0 fully saturated rings. The maximum absolute atomic E-state index is 12.1. The van der Waals surface area contributed by atoms with Gasteiger partial charge in [-0.3, -0.25) is 9.39 Å². The molecule has 0 saturated carbocycles. The summed E-state index contributed by atoms with van der Waals surface area (Å²) < 4.78 is 42.9. The van der Waals surface area contributed by atoms with Crippen molar-refractivity contribution in [2.24, 2.45) is 4.99 Å². The first-order valence-corrected chi connectivity index (χ1v) is 8.32. The molecule has 156 valence electrons. The first kappa shape index (κ1) is 22.6. The minimum absolute atomic E-state index is 0. The van der Waals surface area contributed by atoms with Crippen LogP contribution in [0.2, 0.25) is 0 Å². The Morgan fingerprint density at radius 3 is 2.62 bits per heavy atom. The lowest BCUT2D eigenvalue weighted by Gasteiger charge is -2.12. The van der Waals surface area contributed by atoms with Crippen LogP contribution in [0.15, 0.2) is 47.7 Å². The Balaban J connectivity index is 0.00000300. The van der Waals surface area contributed by atoms with Crippen molar-refractivity contribution in [2.75, 3.05) is 13.7 Å². The minimum atomic E-state index is -4.39. The second-order valence-corrected chi connectivity index (χ2v) is 5.73. The van der Waals surface area contributed by atoms with Crippen molar-refractivity contribution in [1.82, 2.24) is 30.2 Å². The maximum Gasteiger partial charge on any atom is 0.422 e. The van der Waals surface area contributed by atoms with Gasteiger partial charge in [0.05, 0.1) is 6.54 Å². The smallest absolute Gasteiger partial charge is 0.422 e. The van der Waals surface area contributed by atoms with E-state index in [1.807, 2.05) is 28.8 Å². The van der Waals surface area contributed by atoms with E-state index in [-0.39, 0.29) is 29.9 Å². The number of aliphatic imine (C=N–C) groups is 1. The third kappa shape index (κ3) is 6.73. The average Bonchev–Trinajstić information content (AvgIpc) is 3.10. The Morgan fingerprint density at radius 1 is 1.14 bits per heavy atom. The monoisotopic (exact) mass is 521 g/mol. The largest absolute Gasteiger partial charge is 0.468 e. The van der Waals surface area contributed by atoms with Crippen molar-refractivity contribution in [1.29, 1.82) is 0 Å². The first-order chi connectivity index (χ1) is 13.4. The Kier molecular flexibility index (Phi) is 7.99. The fraction of sp³-hybridized carbons (Fsp3) is 0.294. The zero-order chi connectivity index (χ0) is 20.0. The van der Waals surface area contributed by atoms with E-state index in [9.17, 15) is 13.2 Å². The molecule has 0 atom stereocenters. The molecule has 0 spiro atoms. The van der Waals surface area contributed by atoms with Crippen molar-refractivity contribution in [3.8, 4) is 5.88 Å². The van der Waals surface area contributed by atoms with Crippen molar-refractivity contribution in [2.45, 2.75) is 19.3 Å². The molecule has 0 aliphatic rings. The van der Waals surface area contributed by atoms with Crippen LogP contribution in [0, 0.1) is 0 Å². The molecule has 29 heavy (non-hydrogen) atoms. The van der Waals surface area contributed by atoms with Gasteiger partial charge in [0.2, 0.25) is 5.88 Å². The number of nitrogens with one attached hydrogen (secondary N) is 2. The molecule has 0 amide bonds. The van der Waals surface area contributed by atoms with E-state index in [1.165, 1.54) is 12.3 Å². The summed E-state index contributed by atoms with van der Waals surface area (Å²) in [7, 11) is 1.63. The van der Waals surface area contributed by atoms with E-state index in [2.05, 4.69) is 35.5 Å². The fourth-order valence-corrected chi connectivity index (χ4v) is 2.34. The van der Waals surface area contributed by atoms with Gasteiger partial charge in [-0.15, -0.1) is 34.2 Å². The van der Waals surface area contributed by atoms with Gasteiger partial charge in [-0.1, -0.05) is 12.1 Å². The summed E-state index contributed by atoms with van der Waals surface area (Å²) in [5.74, 6) is 1.18. The normalized spacial score (nSPS) is 11.8. The zero-order valence-corrected chi connectivity index (χ0v) is 17.7. The molecule has 3 rings (SSSR count). The fourth-order valence-electron chi connectivity index (χ4n) is 2.34. The Morgan fingerprint density at radius 2 is 1.93 bits per heavy atom. The SMILES string of the molecule is CN=C(NCc1ccc(OCC(F)(F)F)nc1)NCc1nnc2ccccn12.I. The minimum Gasteiger partial charge on any atom is -0.468 e. The lowest BCUT2D eigenvalue weighted by atomic mass is 10.3. The van der Waals surface area contributed by atoms with Crippen LogP contribution < -0.4 is 15.4 Å². The number of aromatic nitrogens is 4. The molecule has 3 heterocycles. The number of hydrogen-bond acceptors (Lipinski definition) is 5. The highest BCUT2D eigenvalue weighted by Crippen LogP contribution is 2.17. The van der Waals surface area contributed by atoms with Gasteiger partial charge >= 0.3 is 6.18 Å². The summed E-state index contributed by atoms with van der Waals surface area (Å²) in [5, 5.41) is 14.4. The van der Waals surface area contributed by atoms with Crippen LogP contribution >= 0.6 is 24.0 Å². The van der Waals surface area contributed by atoms with Crippen LogP contribution in [0.3, 0.4) is 0 Å². The van der Waals surface area contributed by atoms with Crippen molar-refractivity contribution in [3.63, 3.8) is 0 Å². The Bertz CT molecular complexity index is 944. The highest BCUT2D eigenvalue weighted by Gasteiger charge is 2.28. The highest BCUT2D eigenvalue weighted by molar-refractivity contribution is 14.0. The average molecular weight is 521 g/mol. The van der Waals surface area contributed by atoms with Gasteiger partial charge in [0, 0.05) is 32.1 Å². The van der Waals surface area contributed by atoms with Crippen LogP contribution in [-0.4, -0.2) is 45.4 Å². The molecule has 0 unspecified atom stereocenters. The number of halogens is 4. The van der Waals surface area contributed by atoms with Gasteiger partial charge in [0.25, 0.3) is 0 Å². The standard InChI is InChI=1S/C17H18F3N7O.HI/c1-21-16(24-10-14-26-25-13-4-2-3-7-27(13)14)23-9-12-5-6-15(22-8-12)28-11-17(18,19)20;/h2-8H,9-11H2,1H3,(H2,21,23,24);1H. The lowest BCUT2D eigenvalue weighted by molar-refractivity contribution is -0.154.